The molecule has 0 aliphatic rings. The van der Waals surface area contributed by atoms with Crippen LogP contribution in [0, 0.1) is 5.82 Å². The molecule has 0 aliphatic heterocycles. The summed E-state index contributed by atoms with van der Waals surface area (Å²) in [6, 6.07) is 4.53. The van der Waals surface area contributed by atoms with Gasteiger partial charge in [-0.15, -0.1) is 0 Å². The van der Waals surface area contributed by atoms with E-state index in [1.54, 1.807) is 19.2 Å². The molecule has 1 aromatic carbocycles. The van der Waals surface area contributed by atoms with Crippen molar-refractivity contribution >= 4 is 0 Å². The standard InChI is InChI=1S/C11H15FO3/c1-13-6-3-7-15-9-4-5-11(14-2)10(12)8-9/h4-5,8H,3,6-7H2,1-2H3. The first-order valence-corrected chi connectivity index (χ1v) is 4.73. The predicted molar refractivity (Wildman–Crippen MR) is 54.9 cm³/mol. The van der Waals surface area contributed by atoms with E-state index in [2.05, 4.69) is 0 Å². The summed E-state index contributed by atoms with van der Waals surface area (Å²) in [5.74, 6) is 0.311. The Kier molecular flexibility index (Phi) is 4.90. The number of methoxy groups -OCH3 is 2. The van der Waals surface area contributed by atoms with Crippen molar-refractivity contribution in [1.29, 1.82) is 0 Å². The van der Waals surface area contributed by atoms with Gasteiger partial charge in [-0.1, -0.05) is 0 Å². The van der Waals surface area contributed by atoms with Gasteiger partial charge in [0.15, 0.2) is 11.6 Å². The fraction of sp³-hybridized carbons (Fsp3) is 0.455. The van der Waals surface area contributed by atoms with E-state index >= 15 is 0 Å². The number of hydrogen-bond donors (Lipinski definition) is 0. The lowest BCUT2D eigenvalue weighted by Crippen LogP contribution is -2.01. The molecule has 0 amide bonds. The molecular weight excluding hydrogens is 199 g/mol. The molecule has 0 saturated carbocycles. The summed E-state index contributed by atoms with van der Waals surface area (Å²) in [6.45, 7) is 1.15. The summed E-state index contributed by atoms with van der Waals surface area (Å²) < 4.78 is 28.2. The van der Waals surface area contributed by atoms with Gasteiger partial charge in [-0.3, -0.25) is 0 Å². The number of rotatable bonds is 6. The lowest BCUT2D eigenvalue weighted by molar-refractivity contribution is 0.172. The number of hydrogen-bond acceptors (Lipinski definition) is 3. The van der Waals surface area contributed by atoms with Crippen molar-refractivity contribution < 1.29 is 18.6 Å². The Labute approximate surface area is 88.8 Å². The highest BCUT2D eigenvalue weighted by atomic mass is 19.1. The summed E-state index contributed by atoms with van der Waals surface area (Å²) >= 11 is 0. The van der Waals surface area contributed by atoms with Crippen LogP contribution in [0.15, 0.2) is 18.2 Å². The molecule has 1 rings (SSSR count). The van der Waals surface area contributed by atoms with Crippen molar-refractivity contribution in [3.05, 3.63) is 24.0 Å². The Morgan fingerprint density at radius 1 is 1.20 bits per heavy atom. The highest BCUT2D eigenvalue weighted by molar-refractivity contribution is 5.32. The van der Waals surface area contributed by atoms with Gasteiger partial charge in [-0.05, 0) is 12.1 Å². The highest BCUT2D eigenvalue weighted by Crippen LogP contribution is 2.22. The van der Waals surface area contributed by atoms with Crippen molar-refractivity contribution in [1.82, 2.24) is 0 Å². The maximum Gasteiger partial charge on any atom is 0.168 e. The van der Waals surface area contributed by atoms with Crippen molar-refractivity contribution in [3.63, 3.8) is 0 Å². The Balaban J connectivity index is 2.45. The van der Waals surface area contributed by atoms with Crippen molar-refractivity contribution in [2.45, 2.75) is 6.42 Å². The quantitative estimate of drug-likeness (QED) is 0.680. The van der Waals surface area contributed by atoms with E-state index in [0.29, 0.717) is 19.0 Å². The molecule has 0 spiro atoms. The molecule has 0 unspecified atom stereocenters. The van der Waals surface area contributed by atoms with Crippen LogP contribution in [0.5, 0.6) is 11.5 Å². The topological polar surface area (TPSA) is 27.7 Å². The minimum absolute atomic E-state index is 0.222. The Morgan fingerprint density at radius 3 is 2.60 bits per heavy atom. The van der Waals surface area contributed by atoms with Crippen LogP contribution in [0.3, 0.4) is 0 Å². The maximum absolute atomic E-state index is 13.2. The average Bonchev–Trinajstić information content (AvgIpc) is 2.25. The lowest BCUT2D eigenvalue weighted by Gasteiger charge is -2.07. The zero-order valence-corrected chi connectivity index (χ0v) is 8.96. The van der Waals surface area contributed by atoms with E-state index in [1.165, 1.54) is 13.2 Å². The number of ether oxygens (including phenoxy) is 3. The van der Waals surface area contributed by atoms with Crippen LogP contribution in [0.2, 0.25) is 0 Å². The third-order valence-electron chi connectivity index (χ3n) is 1.88. The predicted octanol–water partition coefficient (Wildman–Crippen LogP) is 2.25. The van der Waals surface area contributed by atoms with Crippen molar-refractivity contribution in [2.24, 2.45) is 0 Å². The first-order valence-electron chi connectivity index (χ1n) is 4.73. The summed E-state index contributed by atoms with van der Waals surface area (Å²) in [4.78, 5) is 0. The summed E-state index contributed by atoms with van der Waals surface area (Å²) in [7, 11) is 3.06. The SMILES string of the molecule is COCCCOc1ccc(OC)c(F)c1. The molecule has 1 aromatic rings. The summed E-state index contributed by atoms with van der Waals surface area (Å²) in [5.41, 5.74) is 0. The monoisotopic (exact) mass is 214 g/mol. The van der Waals surface area contributed by atoms with Gasteiger partial charge in [0.25, 0.3) is 0 Å². The van der Waals surface area contributed by atoms with Gasteiger partial charge in [-0.25, -0.2) is 4.39 Å². The largest absolute Gasteiger partial charge is 0.494 e. The fourth-order valence-electron chi connectivity index (χ4n) is 1.13. The second kappa shape index (κ2) is 6.24. The van der Waals surface area contributed by atoms with Gasteiger partial charge < -0.3 is 14.2 Å². The first-order chi connectivity index (χ1) is 7.27. The molecule has 0 N–H and O–H groups in total. The molecule has 0 heterocycles. The second-order valence-electron chi connectivity index (χ2n) is 2.99. The lowest BCUT2D eigenvalue weighted by atomic mass is 10.3. The van der Waals surface area contributed by atoms with E-state index < -0.39 is 5.82 Å². The van der Waals surface area contributed by atoms with E-state index in [0.717, 1.165) is 6.42 Å². The minimum Gasteiger partial charge on any atom is -0.494 e. The van der Waals surface area contributed by atoms with Crippen LogP contribution >= 0.6 is 0 Å². The second-order valence-corrected chi connectivity index (χ2v) is 2.99. The summed E-state index contributed by atoms with van der Waals surface area (Å²) in [5, 5.41) is 0. The van der Waals surface area contributed by atoms with E-state index in [-0.39, 0.29) is 5.75 Å². The van der Waals surface area contributed by atoms with Crippen molar-refractivity contribution in [2.75, 3.05) is 27.4 Å². The van der Waals surface area contributed by atoms with E-state index in [1.807, 2.05) is 0 Å². The molecule has 0 aromatic heterocycles. The normalized spacial score (nSPS) is 10.1. The average molecular weight is 214 g/mol. The molecule has 0 bridgehead atoms. The van der Waals surface area contributed by atoms with E-state index in [9.17, 15) is 4.39 Å². The third-order valence-corrected chi connectivity index (χ3v) is 1.88. The Hall–Kier alpha value is -1.29. The molecule has 0 fully saturated rings. The first kappa shape index (κ1) is 11.8. The molecule has 0 radical (unpaired) electrons. The van der Waals surface area contributed by atoms with E-state index in [4.69, 9.17) is 14.2 Å². The van der Waals surface area contributed by atoms with Gasteiger partial charge in [0, 0.05) is 26.2 Å². The number of benzene rings is 1. The maximum atomic E-state index is 13.2. The third kappa shape index (κ3) is 3.75. The molecule has 84 valence electrons. The molecule has 15 heavy (non-hydrogen) atoms. The van der Waals surface area contributed by atoms with Crippen LogP contribution in [0.4, 0.5) is 4.39 Å². The van der Waals surface area contributed by atoms with Crippen LogP contribution in [-0.4, -0.2) is 27.4 Å². The molecule has 4 heteroatoms. The molecule has 0 atom stereocenters. The van der Waals surface area contributed by atoms with Crippen LogP contribution in [0.25, 0.3) is 0 Å². The van der Waals surface area contributed by atoms with Gasteiger partial charge in [0.05, 0.1) is 13.7 Å². The molecule has 0 aliphatic carbocycles. The zero-order valence-electron chi connectivity index (χ0n) is 8.96. The van der Waals surface area contributed by atoms with Gasteiger partial charge in [0.2, 0.25) is 0 Å². The number of halogens is 1. The Bertz CT molecular complexity index is 302. The van der Waals surface area contributed by atoms with Gasteiger partial charge in [0.1, 0.15) is 5.75 Å². The van der Waals surface area contributed by atoms with Crippen LogP contribution in [-0.2, 0) is 4.74 Å². The molecule has 0 saturated heterocycles. The smallest absolute Gasteiger partial charge is 0.168 e. The summed E-state index contributed by atoms with van der Waals surface area (Å²) in [6.07, 6.45) is 0.782. The molecular formula is C11H15FO3. The Morgan fingerprint density at radius 2 is 2.00 bits per heavy atom. The van der Waals surface area contributed by atoms with Gasteiger partial charge in [-0.2, -0.15) is 0 Å². The minimum atomic E-state index is -0.415. The van der Waals surface area contributed by atoms with Gasteiger partial charge >= 0.3 is 0 Å². The van der Waals surface area contributed by atoms with Crippen molar-refractivity contribution in [3.8, 4) is 11.5 Å². The molecule has 3 nitrogen and oxygen atoms in total. The van der Waals surface area contributed by atoms with Crippen LogP contribution < -0.4 is 9.47 Å². The highest BCUT2D eigenvalue weighted by Gasteiger charge is 2.03. The van der Waals surface area contributed by atoms with Crippen LogP contribution in [0.1, 0.15) is 6.42 Å². The zero-order chi connectivity index (χ0) is 11.1. The fourth-order valence-corrected chi connectivity index (χ4v) is 1.13.